The van der Waals surface area contributed by atoms with E-state index in [-0.39, 0.29) is 0 Å². The molecule has 0 radical (unpaired) electrons. The van der Waals surface area contributed by atoms with Gasteiger partial charge in [-0.3, -0.25) is 0 Å². The molecule has 0 nitrogen and oxygen atoms in total. The van der Waals surface area contributed by atoms with Gasteiger partial charge in [0, 0.05) is 0 Å². The Kier molecular flexibility index (Phi) is 8.26. The second-order valence-electron chi connectivity index (χ2n) is 15.2. The fourth-order valence-corrected chi connectivity index (χ4v) is 9.10. The van der Waals surface area contributed by atoms with Gasteiger partial charge < -0.3 is 0 Å². The van der Waals surface area contributed by atoms with E-state index in [4.69, 9.17) is 0 Å². The Morgan fingerprint density at radius 3 is 1.26 bits per heavy atom. The standard InChI is InChI=1S/C58H38/c1-3-16-40(17-4-1)57-50(45-23-13-22-43(36-45)44-30-29-39-15-7-8-20-42(39)35-44)31-33-55-54(57)34-32-51(58(55)41-18-5-2-6-19-41)46-24-14-25-47(37-46)56-38-48-21-9-10-26-49(48)52-27-11-12-28-53(52)56/h1-38H. The van der Waals surface area contributed by atoms with Crippen LogP contribution in [-0.2, 0) is 0 Å². The Morgan fingerprint density at radius 2 is 0.621 bits per heavy atom. The molecule has 0 aliphatic heterocycles. The number of rotatable bonds is 6. The highest BCUT2D eigenvalue weighted by molar-refractivity contribution is 6.15. The van der Waals surface area contributed by atoms with Gasteiger partial charge in [-0.05, 0) is 134 Å². The minimum absolute atomic E-state index is 1.20. The van der Waals surface area contributed by atoms with Gasteiger partial charge in [-0.1, -0.05) is 206 Å². The fraction of sp³-hybridized carbons (Fsp3) is 0. The Bertz CT molecular complexity index is 3320. The molecular formula is C58H38. The molecule has 0 aliphatic carbocycles. The van der Waals surface area contributed by atoms with Gasteiger partial charge in [-0.15, -0.1) is 0 Å². The Labute approximate surface area is 339 Å². The van der Waals surface area contributed by atoms with E-state index in [0.717, 1.165) is 0 Å². The van der Waals surface area contributed by atoms with E-state index in [1.807, 2.05) is 0 Å². The summed E-state index contributed by atoms with van der Waals surface area (Å²) in [5, 5.41) is 10.1. The van der Waals surface area contributed by atoms with Gasteiger partial charge in [0.15, 0.2) is 0 Å². The molecular weight excluding hydrogens is 697 g/mol. The van der Waals surface area contributed by atoms with Gasteiger partial charge in [0.2, 0.25) is 0 Å². The largest absolute Gasteiger partial charge is 0.0622 e. The average molecular weight is 735 g/mol. The molecule has 0 saturated heterocycles. The maximum atomic E-state index is 2.38. The van der Waals surface area contributed by atoms with Crippen LogP contribution in [0.25, 0.3) is 110 Å². The van der Waals surface area contributed by atoms with Crippen LogP contribution in [0.2, 0.25) is 0 Å². The third-order valence-corrected chi connectivity index (χ3v) is 11.8. The summed E-state index contributed by atoms with van der Waals surface area (Å²) in [6.45, 7) is 0. The average Bonchev–Trinajstić information content (AvgIpc) is 3.31. The van der Waals surface area contributed by atoms with Gasteiger partial charge in [0.25, 0.3) is 0 Å². The van der Waals surface area contributed by atoms with Crippen LogP contribution in [0.15, 0.2) is 231 Å². The van der Waals surface area contributed by atoms with Crippen molar-refractivity contribution >= 4 is 43.1 Å². The normalized spacial score (nSPS) is 11.4. The van der Waals surface area contributed by atoms with Gasteiger partial charge in [0.1, 0.15) is 0 Å². The van der Waals surface area contributed by atoms with Crippen LogP contribution in [0.4, 0.5) is 0 Å². The number of hydrogen-bond donors (Lipinski definition) is 0. The Morgan fingerprint density at radius 1 is 0.172 bits per heavy atom. The van der Waals surface area contributed by atoms with Crippen LogP contribution in [0.1, 0.15) is 0 Å². The lowest BCUT2D eigenvalue weighted by atomic mass is 9.83. The quantitative estimate of drug-likeness (QED) is 0.149. The SMILES string of the molecule is c1ccc(-c2c(-c3cccc(-c4ccc5ccccc5c4)c3)ccc3c(-c4ccccc4)c(-c4cccc(-c5cc6ccccc6c6ccccc56)c4)ccc23)cc1. The molecule has 0 aromatic heterocycles. The van der Waals surface area contributed by atoms with Crippen LogP contribution in [-0.4, -0.2) is 0 Å². The third-order valence-electron chi connectivity index (χ3n) is 11.8. The first-order valence-electron chi connectivity index (χ1n) is 20.1. The molecule has 58 heavy (non-hydrogen) atoms. The minimum atomic E-state index is 1.20. The van der Waals surface area contributed by atoms with Crippen LogP contribution < -0.4 is 0 Å². The van der Waals surface area contributed by atoms with Gasteiger partial charge in [-0.2, -0.15) is 0 Å². The molecule has 0 heteroatoms. The lowest BCUT2D eigenvalue weighted by Crippen LogP contribution is -1.93. The summed E-state index contributed by atoms with van der Waals surface area (Å²) in [6.07, 6.45) is 0. The lowest BCUT2D eigenvalue weighted by Gasteiger charge is -2.20. The van der Waals surface area contributed by atoms with E-state index in [0.29, 0.717) is 0 Å². The van der Waals surface area contributed by atoms with Crippen LogP contribution in [0, 0.1) is 0 Å². The van der Waals surface area contributed by atoms with Crippen molar-refractivity contribution in [1.82, 2.24) is 0 Å². The summed E-state index contributed by atoms with van der Waals surface area (Å²) < 4.78 is 0. The van der Waals surface area contributed by atoms with Gasteiger partial charge in [0.05, 0.1) is 0 Å². The summed E-state index contributed by atoms with van der Waals surface area (Å²) in [6, 6.07) is 84.6. The van der Waals surface area contributed by atoms with E-state index < -0.39 is 0 Å². The summed E-state index contributed by atoms with van der Waals surface area (Å²) >= 11 is 0. The molecule has 0 heterocycles. The highest BCUT2D eigenvalue weighted by atomic mass is 14.2. The van der Waals surface area contributed by atoms with E-state index in [1.54, 1.807) is 0 Å². The molecule has 0 fully saturated rings. The molecule has 11 aromatic carbocycles. The van der Waals surface area contributed by atoms with Crippen LogP contribution in [0.5, 0.6) is 0 Å². The van der Waals surface area contributed by atoms with E-state index in [9.17, 15) is 0 Å². The van der Waals surface area contributed by atoms with Gasteiger partial charge >= 0.3 is 0 Å². The minimum Gasteiger partial charge on any atom is -0.0622 e. The molecule has 0 amide bonds. The van der Waals surface area contributed by atoms with Crippen molar-refractivity contribution in [3.8, 4) is 66.8 Å². The maximum Gasteiger partial charge on any atom is -0.00266 e. The Balaban J connectivity index is 1.12. The molecule has 0 N–H and O–H groups in total. The van der Waals surface area contributed by atoms with Gasteiger partial charge in [-0.25, -0.2) is 0 Å². The zero-order valence-electron chi connectivity index (χ0n) is 31.9. The fourth-order valence-electron chi connectivity index (χ4n) is 9.10. The van der Waals surface area contributed by atoms with Crippen molar-refractivity contribution in [2.24, 2.45) is 0 Å². The van der Waals surface area contributed by atoms with Crippen molar-refractivity contribution in [2.75, 3.05) is 0 Å². The van der Waals surface area contributed by atoms with E-state index >= 15 is 0 Å². The maximum absolute atomic E-state index is 2.38. The number of fused-ring (bicyclic) bond motifs is 5. The first-order valence-corrected chi connectivity index (χ1v) is 20.1. The van der Waals surface area contributed by atoms with E-state index in [1.165, 1.54) is 110 Å². The number of benzene rings is 11. The zero-order valence-corrected chi connectivity index (χ0v) is 31.9. The first-order chi connectivity index (χ1) is 28.8. The van der Waals surface area contributed by atoms with Crippen LogP contribution >= 0.6 is 0 Å². The molecule has 0 saturated carbocycles. The summed E-state index contributed by atoms with van der Waals surface area (Å²) in [5.74, 6) is 0. The van der Waals surface area contributed by atoms with Crippen molar-refractivity contribution in [2.45, 2.75) is 0 Å². The predicted molar refractivity (Wildman–Crippen MR) is 249 cm³/mol. The monoisotopic (exact) mass is 734 g/mol. The Hall–Kier alpha value is -7.54. The van der Waals surface area contributed by atoms with Crippen LogP contribution in [0.3, 0.4) is 0 Å². The second kappa shape index (κ2) is 14.2. The van der Waals surface area contributed by atoms with Crippen molar-refractivity contribution < 1.29 is 0 Å². The van der Waals surface area contributed by atoms with Crippen molar-refractivity contribution in [3.05, 3.63) is 231 Å². The molecule has 0 bridgehead atoms. The second-order valence-corrected chi connectivity index (χ2v) is 15.2. The zero-order chi connectivity index (χ0) is 38.4. The number of hydrogen-bond acceptors (Lipinski definition) is 0. The molecule has 11 aromatic rings. The predicted octanol–water partition coefficient (Wildman–Crippen LogP) is 16.3. The first kappa shape index (κ1) is 33.8. The van der Waals surface area contributed by atoms with E-state index in [2.05, 4.69) is 231 Å². The van der Waals surface area contributed by atoms with Crippen molar-refractivity contribution in [1.29, 1.82) is 0 Å². The molecule has 0 aliphatic rings. The third kappa shape index (κ3) is 5.86. The lowest BCUT2D eigenvalue weighted by molar-refractivity contribution is 1.58. The highest BCUT2D eigenvalue weighted by Crippen LogP contribution is 2.46. The summed E-state index contributed by atoms with van der Waals surface area (Å²) in [5.41, 5.74) is 14.6. The molecule has 270 valence electrons. The summed E-state index contributed by atoms with van der Waals surface area (Å²) in [7, 11) is 0. The molecule has 0 unspecified atom stereocenters. The molecule has 0 spiro atoms. The van der Waals surface area contributed by atoms with Crippen molar-refractivity contribution in [3.63, 3.8) is 0 Å². The molecule has 11 rings (SSSR count). The molecule has 0 atom stereocenters. The highest BCUT2D eigenvalue weighted by Gasteiger charge is 2.19. The topological polar surface area (TPSA) is 0 Å². The summed E-state index contributed by atoms with van der Waals surface area (Å²) in [4.78, 5) is 0. The smallest absolute Gasteiger partial charge is 0.00266 e.